The SMILES string of the molecule is O=S(=O)([O-])CCCN1/C(=C/C=C2\CCC(/C=C/c3sc4ccc5ccccc5c4[n+]3CCCS(=O)(=O)O)=C2Sc2ccccc2)Sc2ccc3ccccc3c21.[Na+]. The van der Waals surface area contributed by atoms with Crippen LogP contribution < -0.4 is 39.0 Å². The Morgan fingerprint density at radius 3 is 2.25 bits per heavy atom. The largest absolute Gasteiger partial charge is 1.00 e. The molecule has 1 N–H and O–H groups in total. The number of nitrogens with zero attached hydrogens (tertiary/aromatic N) is 2. The van der Waals surface area contributed by atoms with E-state index in [1.165, 1.54) is 16.1 Å². The summed E-state index contributed by atoms with van der Waals surface area (Å²) in [6, 6.07) is 35.1. The van der Waals surface area contributed by atoms with Gasteiger partial charge in [-0.2, -0.15) is 13.0 Å². The topological polar surface area (TPSA) is 119 Å². The monoisotopic (exact) mass is 861 g/mol. The minimum atomic E-state index is -4.34. The van der Waals surface area contributed by atoms with Crippen molar-refractivity contribution in [2.45, 2.75) is 42.0 Å². The summed E-state index contributed by atoms with van der Waals surface area (Å²) in [5.41, 5.74) is 4.47. The van der Waals surface area contributed by atoms with Crippen LogP contribution in [-0.2, 0) is 26.8 Å². The number of hydrogen-bond acceptors (Lipinski definition) is 9. The van der Waals surface area contributed by atoms with E-state index in [4.69, 9.17) is 0 Å². The summed E-state index contributed by atoms with van der Waals surface area (Å²) in [6.45, 7) is 0.831. The van der Waals surface area contributed by atoms with E-state index in [9.17, 15) is 25.9 Å². The van der Waals surface area contributed by atoms with Crippen LogP contribution in [0, 0.1) is 0 Å². The van der Waals surface area contributed by atoms with Crippen molar-refractivity contribution >= 4 is 98.6 Å². The second-order valence-corrected chi connectivity index (χ2v) is 20.0. The van der Waals surface area contributed by atoms with Crippen molar-refractivity contribution < 1.29 is 60.1 Å². The van der Waals surface area contributed by atoms with E-state index in [1.54, 1.807) is 34.9 Å². The summed E-state index contributed by atoms with van der Waals surface area (Å²) in [5.74, 6) is -0.734. The fraction of sp³-hybridized carbons (Fsp3) is 0.186. The molecule has 14 heteroatoms. The van der Waals surface area contributed by atoms with E-state index >= 15 is 0 Å². The molecule has 8 rings (SSSR count). The third-order valence-electron chi connectivity index (χ3n) is 9.85. The summed E-state index contributed by atoms with van der Waals surface area (Å²) in [4.78, 5) is 5.53. The van der Waals surface area contributed by atoms with Crippen LogP contribution in [0.3, 0.4) is 0 Å². The number of anilines is 1. The van der Waals surface area contributed by atoms with Gasteiger partial charge in [-0.15, -0.1) is 0 Å². The maximum Gasteiger partial charge on any atom is 1.00 e. The van der Waals surface area contributed by atoms with Crippen LogP contribution in [0.15, 0.2) is 152 Å². The summed E-state index contributed by atoms with van der Waals surface area (Å²) in [5, 5.41) is 6.34. The van der Waals surface area contributed by atoms with Crippen molar-refractivity contribution in [1.82, 2.24) is 0 Å². The quantitative estimate of drug-likeness (QED) is 0.0749. The van der Waals surface area contributed by atoms with E-state index in [1.807, 2.05) is 42.5 Å². The number of hydrogen-bond donors (Lipinski definition) is 1. The standard InChI is InChI=1S/C43H38N2O6S5.Na/c46-55(47,48)28-8-26-44-39(53-37-22-18-30-10-4-6-14-35(30)41(37)44)24-20-32-16-17-33(43(32)52-34-12-2-1-3-13-34)21-25-40-45(27-9-29-56(49,50)51)42-36-15-7-5-11-31(36)19-23-38(42)54-40;/h1-7,10-15,18-25H,8-9,16-17,26-29H2,(H-,46,47,48,49,50,51);/q;+1. The molecule has 57 heavy (non-hydrogen) atoms. The molecule has 1 aromatic heterocycles. The molecular weight excluding hydrogens is 824 g/mol. The van der Waals surface area contributed by atoms with Gasteiger partial charge in [-0.1, -0.05) is 120 Å². The molecule has 0 unspecified atom stereocenters. The molecule has 0 atom stereocenters. The van der Waals surface area contributed by atoms with Gasteiger partial charge in [-0.05, 0) is 77.6 Å². The minimum Gasteiger partial charge on any atom is -0.748 e. The van der Waals surface area contributed by atoms with Crippen molar-refractivity contribution in [2.75, 3.05) is 23.0 Å². The fourth-order valence-corrected chi connectivity index (χ4v) is 11.7. The van der Waals surface area contributed by atoms with Gasteiger partial charge in [-0.25, -0.2) is 8.42 Å². The van der Waals surface area contributed by atoms with Gasteiger partial charge in [0.2, 0.25) is 5.52 Å². The number of thiazole rings is 1. The van der Waals surface area contributed by atoms with E-state index in [2.05, 4.69) is 94.4 Å². The molecule has 0 bridgehead atoms. The van der Waals surface area contributed by atoms with Gasteiger partial charge in [0.15, 0.2) is 6.54 Å². The molecule has 2 aliphatic rings. The molecule has 2 heterocycles. The van der Waals surface area contributed by atoms with Crippen molar-refractivity contribution in [1.29, 1.82) is 0 Å². The summed E-state index contributed by atoms with van der Waals surface area (Å²) in [7, 11) is -8.44. The Balaban J connectivity index is 0.00000496. The van der Waals surface area contributed by atoms with Gasteiger partial charge < -0.3 is 9.45 Å². The zero-order chi connectivity index (χ0) is 38.9. The Kier molecular flexibility index (Phi) is 13.2. The molecule has 0 radical (unpaired) electrons. The second kappa shape index (κ2) is 18.0. The van der Waals surface area contributed by atoms with Crippen LogP contribution in [0.2, 0.25) is 0 Å². The molecule has 8 nitrogen and oxygen atoms in total. The molecule has 286 valence electrons. The Hall–Kier alpha value is -3.21. The van der Waals surface area contributed by atoms with Crippen molar-refractivity contribution in [3.05, 3.63) is 147 Å². The van der Waals surface area contributed by atoms with Gasteiger partial charge in [0.25, 0.3) is 15.1 Å². The van der Waals surface area contributed by atoms with Crippen LogP contribution in [0.1, 0.15) is 30.7 Å². The van der Waals surface area contributed by atoms with Crippen molar-refractivity contribution in [2.24, 2.45) is 0 Å². The average molecular weight is 862 g/mol. The molecule has 1 aliphatic carbocycles. The number of rotatable bonds is 13. The number of benzene rings is 5. The van der Waals surface area contributed by atoms with Crippen molar-refractivity contribution in [3.8, 4) is 0 Å². The first kappa shape index (κ1) is 41.9. The maximum absolute atomic E-state index is 11.7. The first-order valence-corrected chi connectivity index (χ1v) is 23.9. The van der Waals surface area contributed by atoms with Gasteiger partial charge in [0.1, 0.15) is 4.70 Å². The summed E-state index contributed by atoms with van der Waals surface area (Å²) >= 11 is 5.04. The Morgan fingerprint density at radius 2 is 1.49 bits per heavy atom. The predicted octanol–water partition coefficient (Wildman–Crippen LogP) is 6.95. The molecule has 0 saturated carbocycles. The number of aryl methyl sites for hydroxylation is 1. The molecule has 0 amide bonds. The molecule has 5 aromatic carbocycles. The van der Waals surface area contributed by atoms with E-state index in [0.717, 1.165) is 70.1 Å². The molecular formula is C43H38N2NaO6S5+. The summed E-state index contributed by atoms with van der Waals surface area (Å²) < 4.78 is 70.8. The van der Waals surface area contributed by atoms with Gasteiger partial charge in [0, 0.05) is 44.9 Å². The van der Waals surface area contributed by atoms with Crippen molar-refractivity contribution in [3.63, 3.8) is 0 Å². The van der Waals surface area contributed by atoms with E-state index in [-0.39, 0.29) is 48.2 Å². The van der Waals surface area contributed by atoms with Crippen LogP contribution in [0.5, 0.6) is 0 Å². The third-order valence-corrected chi connectivity index (χ3v) is 14.9. The van der Waals surface area contributed by atoms with Gasteiger partial charge in [0.05, 0.1) is 32.0 Å². The molecule has 0 fully saturated rings. The average Bonchev–Trinajstić information content (AvgIpc) is 3.85. The maximum atomic E-state index is 11.7. The molecule has 0 saturated heterocycles. The predicted molar refractivity (Wildman–Crippen MR) is 231 cm³/mol. The zero-order valence-electron chi connectivity index (χ0n) is 31.2. The van der Waals surface area contributed by atoms with E-state index < -0.39 is 26.0 Å². The van der Waals surface area contributed by atoms with Crippen LogP contribution in [-0.4, -0.2) is 44.0 Å². The Bertz CT molecular complexity index is 2830. The Morgan fingerprint density at radius 1 is 0.789 bits per heavy atom. The zero-order valence-corrected chi connectivity index (χ0v) is 37.3. The second-order valence-electron chi connectivity index (χ2n) is 13.7. The normalized spacial score (nSPS) is 16.2. The molecule has 0 spiro atoms. The van der Waals surface area contributed by atoms with Gasteiger partial charge in [-0.3, -0.25) is 4.55 Å². The van der Waals surface area contributed by atoms with Crippen LogP contribution in [0.4, 0.5) is 5.69 Å². The summed E-state index contributed by atoms with van der Waals surface area (Å²) in [6.07, 6.45) is 10.8. The molecule has 6 aromatic rings. The smallest absolute Gasteiger partial charge is 0.748 e. The fourth-order valence-electron chi connectivity index (χ4n) is 7.35. The van der Waals surface area contributed by atoms with Crippen LogP contribution >= 0.6 is 34.9 Å². The number of aromatic nitrogens is 1. The first-order valence-electron chi connectivity index (χ1n) is 18.3. The molecule has 1 aliphatic heterocycles. The van der Waals surface area contributed by atoms with Crippen LogP contribution in [0.25, 0.3) is 37.8 Å². The Labute approximate surface area is 367 Å². The minimum absolute atomic E-state index is 0. The first-order chi connectivity index (χ1) is 27.0. The van der Waals surface area contributed by atoms with Gasteiger partial charge >= 0.3 is 29.6 Å². The third kappa shape index (κ3) is 9.82. The van der Waals surface area contributed by atoms with E-state index in [0.29, 0.717) is 13.1 Å². The number of thioether (sulfide) groups is 2. The number of allylic oxidation sites excluding steroid dienone is 5. The number of fused-ring (bicyclic) bond motifs is 6.